The van der Waals surface area contributed by atoms with Crippen molar-refractivity contribution in [1.29, 1.82) is 0 Å². The molecule has 0 amide bonds. The van der Waals surface area contributed by atoms with E-state index < -0.39 is 0 Å². The Morgan fingerprint density at radius 3 is 2.52 bits per heavy atom. The Labute approximate surface area is 125 Å². The van der Waals surface area contributed by atoms with E-state index in [4.69, 9.17) is 4.74 Å². The highest BCUT2D eigenvalue weighted by atomic mass is 16.5. The van der Waals surface area contributed by atoms with Gasteiger partial charge in [0.25, 0.3) is 0 Å². The summed E-state index contributed by atoms with van der Waals surface area (Å²) < 4.78 is 5.56. The minimum atomic E-state index is 0.413. The zero-order valence-corrected chi connectivity index (χ0v) is 12.9. The van der Waals surface area contributed by atoms with E-state index in [1.807, 2.05) is 7.05 Å². The molecule has 2 fully saturated rings. The fourth-order valence-electron chi connectivity index (χ4n) is 2.58. The van der Waals surface area contributed by atoms with Gasteiger partial charge in [0.2, 0.25) is 11.9 Å². The van der Waals surface area contributed by atoms with Crippen LogP contribution in [0.4, 0.5) is 11.9 Å². The Morgan fingerprint density at radius 1 is 1.14 bits per heavy atom. The van der Waals surface area contributed by atoms with Gasteiger partial charge in [-0.05, 0) is 19.3 Å². The molecule has 1 aliphatic carbocycles. The summed E-state index contributed by atoms with van der Waals surface area (Å²) in [7, 11) is 1.81. The van der Waals surface area contributed by atoms with E-state index in [1.165, 1.54) is 12.8 Å². The van der Waals surface area contributed by atoms with Gasteiger partial charge in [-0.3, -0.25) is 4.90 Å². The Kier molecular flexibility index (Phi) is 4.38. The van der Waals surface area contributed by atoms with Crippen molar-refractivity contribution in [1.82, 2.24) is 19.9 Å². The van der Waals surface area contributed by atoms with E-state index in [0.29, 0.717) is 18.6 Å². The normalized spacial score (nSPS) is 19.6. The molecule has 7 nitrogen and oxygen atoms in total. The van der Waals surface area contributed by atoms with E-state index in [2.05, 4.69) is 37.0 Å². The average molecular weight is 292 g/mol. The van der Waals surface area contributed by atoms with Gasteiger partial charge < -0.3 is 15.0 Å². The fourth-order valence-corrected chi connectivity index (χ4v) is 2.58. The summed E-state index contributed by atoms with van der Waals surface area (Å²) in [6.45, 7) is 6.82. The van der Waals surface area contributed by atoms with Gasteiger partial charge in [0, 0.05) is 39.3 Å². The first-order valence-electron chi connectivity index (χ1n) is 7.85. The number of nitrogens with zero attached hydrogens (tertiary/aromatic N) is 5. The molecule has 116 valence electrons. The van der Waals surface area contributed by atoms with Crippen molar-refractivity contribution in [2.45, 2.75) is 32.2 Å². The van der Waals surface area contributed by atoms with Gasteiger partial charge in [0.05, 0.1) is 6.61 Å². The van der Waals surface area contributed by atoms with Gasteiger partial charge in [-0.25, -0.2) is 0 Å². The largest absolute Gasteiger partial charge is 0.463 e. The van der Waals surface area contributed by atoms with Crippen LogP contribution in [0.3, 0.4) is 0 Å². The summed E-state index contributed by atoms with van der Waals surface area (Å²) in [6.07, 6.45) is 3.67. The van der Waals surface area contributed by atoms with Crippen LogP contribution in [-0.4, -0.2) is 65.7 Å². The highest BCUT2D eigenvalue weighted by molar-refractivity contribution is 5.38. The van der Waals surface area contributed by atoms with Gasteiger partial charge in [-0.1, -0.05) is 6.92 Å². The number of hydrogen-bond donors (Lipinski definition) is 1. The number of ether oxygens (including phenoxy) is 1. The molecule has 3 rings (SSSR count). The first kappa shape index (κ1) is 14.3. The summed E-state index contributed by atoms with van der Waals surface area (Å²) >= 11 is 0. The second-order valence-electron chi connectivity index (χ2n) is 5.59. The molecule has 2 aliphatic rings. The predicted octanol–water partition coefficient (Wildman–Crippen LogP) is 0.986. The number of anilines is 2. The minimum Gasteiger partial charge on any atom is -0.463 e. The van der Waals surface area contributed by atoms with Gasteiger partial charge in [0.15, 0.2) is 0 Å². The third-order valence-electron chi connectivity index (χ3n) is 3.92. The van der Waals surface area contributed by atoms with Crippen LogP contribution in [0.2, 0.25) is 0 Å². The minimum absolute atomic E-state index is 0.413. The van der Waals surface area contributed by atoms with E-state index in [-0.39, 0.29) is 0 Å². The molecule has 1 N–H and O–H groups in total. The van der Waals surface area contributed by atoms with Crippen molar-refractivity contribution in [3.05, 3.63) is 0 Å². The Bertz CT molecular complexity index is 471. The molecule has 1 aliphatic heterocycles. The van der Waals surface area contributed by atoms with Crippen molar-refractivity contribution in [3.8, 4) is 6.01 Å². The summed E-state index contributed by atoms with van der Waals surface area (Å²) in [5, 5.41) is 2.98. The SMILES string of the molecule is CCCOc1nc(NC)nc(N2CCN(C3CC3)CC2)n1. The molecule has 0 atom stereocenters. The topological polar surface area (TPSA) is 66.4 Å². The van der Waals surface area contributed by atoms with Crippen molar-refractivity contribution in [3.63, 3.8) is 0 Å². The van der Waals surface area contributed by atoms with E-state index >= 15 is 0 Å². The summed E-state index contributed by atoms with van der Waals surface area (Å²) in [5.74, 6) is 1.28. The van der Waals surface area contributed by atoms with Crippen molar-refractivity contribution < 1.29 is 4.74 Å². The quantitative estimate of drug-likeness (QED) is 0.838. The van der Waals surface area contributed by atoms with Gasteiger partial charge in [-0.15, -0.1) is 0 Å². The highest BCUT2D eigenvalue weighted by Crippen LogP contribution is 2.28. The monoisotopic (exact) mass is 292 g/mol. The van der Waals surface area contributed by atoms with Crippen LogP contribution < -0.4 is 15.0 Å². The lowest BCUT2D eigenvalue weighted by Gasteiger charge is -2.34. The molecule has 1 saturated heterocycles. The molecule has 1 saturated carbocycles. The van der Waals surface area contributed by atoms with Crippen LogP contribution in [0.15, 0.2) is 0 Å². The summed E-state index contributed by atoms with van der Waals surface area (Å²) in [5.41, 5.74) is 0. The molecule has 0 aromatic carbocycles. The molecule has 2 heterocycles. The van der Waals surface area contributed by atoms with E-state index in [0.717, 1.165) is 44.6 Å². The number of nitrogens with one attached hydrogen (secondary N) is 1. The molecule has 1 aromatic rings. The van der Waals surface area contributed by atoms with Crippen molar-refractivity contribution in [2.24, 2.45) is 0 Å². The van der Waals surface area contributed by atoms with Gasteiger partial charge in [0.1, 0.15) is 0 Å². The molecule has 0 radical (unpaired) electrons. The number of aromatic nitrogens is 3. The van der Waals surface area contributed by atoms with Crippen LogP contribution in [0.5, 0.6) is 6.01 Å². The second kappa shape index (κ2) is 6.43. The standard InChI is InChI=1S/C14H24N6O/c1-3-10-21-14-17-12(15-2)16-13(18-14)20-8-6-19(7-9-20)11-4-5-11/h11H,3-10H2,1-2H3,(H,15,16,17,18). The molecule has 0 unspecified atom stereocenters. The van der Waals surface area contributed by atoms with Gasteiger partial charge in [-0.2, -0.15) is 15.0 Å². The predicted molar refractivity (Wildman–Crippen MR) is 82.0 cm³/mol. The van der Waals surface area contributed by atoms with Gasteiger partial charge >= 0.3 is 6.01 Å². The second-order valence-corrected chi connectivity index (χ2v) is 5.59. The molecule has 0 bridgehead atoms. The Balaban J connectivity index is 1.68. The zero-order chi connectivity index (χ0) is 14.7. The smallest absolute Gasteiger partial charge is 0.323 e. The third-order valence-corrected chi connectivity index (χ3v) is 3.92. The maximum absolute atomic E-state index is 5.56. The van der Waals surface area contributed by atoms with Crippen LogP contribution >= 0.6 is 0 Å². The summed E-state index contributed by atoms with van der Waals surface area (Å²) in [6, 6.07) is 1.25. The Morgan fingerprint density at radius 2 is 1.90 bits per heavy atom. The van der Waals surface area contributed by atoms with Crippen molar-refractivity contribution in [2.75, 3.05) is 50.1 Å². The molecule has 0 spiro atoms. The fraction of sp³-hybridized carbons (Fsp3) is 0.786. The van der Waals surface area contributed by atoms with Crippen molar-refractivity contribution >= 4 is 11.9 Å². The number of piperazine rings is 1. The van der Waals surface area contributed by atoms with Crippen LogP contribution in [-0.2, 0) is 0 Å². The number of hydrogen-bond acceptors (Lipinski definition) is 7. The van der Waals surface area contributed by atoms with Crippen LogP contribution in [0.1, 0.15) is 26.2 Å². The van der Waals surface area contributed by atoms with Crippen LogP contribution in [0.25, 0.3) is 0 Å². The average Bonchev–Trinajstić information content (AvgIpc) is 3.37. The van der Waals surface area contributed by atoms with E-state index in [9.17, 15) is 0 Å². The molecule has 1 aromatic heterocycles. The first-order chi connectivity index (χ1) is 10.3. The number of rotatable bonds is 6. The lowest BCUT2D eigenvalue weighted by Crippen LogP contribution is -2.47. The third kappa shape index (κ3) is 3.53. The highest BCUT2D eigenvalue weighted by Gasteiger charge is 2.31. The first-order valence-corrected chi connectivity index (χ1v) is 7.85. The molecular weight excluding hydrogens is 268 g/mol. The maximum Gasteiger partial charge on any atom is 0.323 e. The Hall–Kier alpha value is -1.63. The zero-order valence-electron chi connectivity index (χ0n) is 12.9. The molecule has 7 heteroatoms. The lowest BCUT2D eigenvalue weighted by molar-refractivity contribution is 0.246. The van der Waals surface area contributed by atoms with Crippen LogP contribution in [0, 0.1) is 0 Å². The van der Waals surface area contributed by atoms with E-state index in [1.54, 1.807) is 0 Å². The molecular formula is C14H24N6O. The summed E-state index contributed by atoms with van der Waals surface area (Å²) in [4.78, 5) is 18.0. The molecule has 21 heavy (non-hydrogen) atoms. The lowest BCUT2D eigenvalue weighted by atomic mass is 10.3. The maximum atomic E-state index is 5.56.